The number of hydrogen-bond donors (Lipinski definition) is 2. The first-order valence-corrected chi connectivity index (χ1v) is 34.8. The number of ether oxygens (including phenoxy) is 4. The molecule has 0 saturated carbocycles. The van der Waals surface area contributed by atoms with Crippen LogP contribution >= 0.6 is 166 Å². The van der Waals surface area contributed by atoms with Crippen molar-refractivity contribution in [2.75, 3.05) is 186 Å². The Morgan fingerprint density at radius 3 is 0.702 bits per heavy atom. The van der Waals surface area contributed by atoms with Gasteiger partial charge in [-0.05, 0) is 156 Å². The smallest absolute Gasteiger partial charge is 0.0967 e. The highest BCUT2D eigenvalue weighted by Gasteiger charge is 1.98. The van der Waals surface area contributed by atoms with Crippen molar-refractivity contribution in [3.63, 3.8) is 0 Å². The molecule has 0 saturated heterocycles. The van der Waals surface area contributed by atoms with E-state index in [4.69, 9.17) is 42.1 Å². The highest BCUT2D eigenvalue weighted by atomic mass is 35.5. The molecule has 0 aromatic heterocycles. The van der Waals surface area contributed by atoms with Crippen LogP contribution in [0.15, 0.2) is 0 Å². The molecule has 0 aliphatic heterocycles. The van der Waals surface area contributed by atoms with E-state index >= 15 is 0 Å². The van der Waals surface area contributed by atoms with E-state index < -0.39 is 0 Å². The molecule has 18 heteroatoms. The molecule has 4 nitrogen and oxygen atoms in total. The molecule has 0 spiro atoms. The van der Waals surface area contributed by atoms with Crippen LogP contribution in [0.3, 0.4) is 0 Å². The molecule has 57 heavy (non-hydrogen) atoms. The van der Waals surface area contributed by atoms with Crippen molar-refractivity contribution in [2.24, 2.45) is 0 Å². The molecule has 0 aliphatic rings. The monoisotopic (exact) mass is 1070 g/mol. The van der Waals surface area contributed by atoms with Gasteiger partial charge in [-0.15, -0.1) is 23.2 Å². The standard InChI is InChI=1S/C20H42O2S6.C18H38O2S6.CH2Cl2/c1-23-11-3-13-25-15-5-17-27-19-9-21-7-8-22-10-20-28-18-6-16-26-14-4-12-24-2;21-9-1-11-23-13-3-15-25-17-7-19-5-6-20-8-18-26-16-4-14-24-12-2-10-22;2-1-3/h3-20H2,1-2H3;21-22H,1-18H2;1H2. The number of alkyl halides is 2. The summed E-state index contributed by atoms with van der Waals surface area (Å²) in [6.45, 7) is 6.35. The summed E-state index contributed by atoms with van der Waals surface area (Å²) >= 11 is 38.2. The quantitative estimate of drug-likeness (QED) is 0.0345. The van der Waals surface area contributed by atoms with Crippen LogP contribution in [0, 0.1) is 0 Å². The van der Waals surface area contributed by atoms with Gasteiger partial charge < -0.3 is 18.9 Å². The third kappa shape index (κ3) is 75.2. The number of rotatable bonds is 48. The van der Waals surface area contributed by atoms with Gasteiger partial charge in [0.2, 0.25) is 0 Å². The minimum absolute atomic E-state index is 0.194. The second-order valence-corrected chi connectivity index (χ2v) is 25.2. The fourth-order valence-electron chi connectivity index (χ4n) is 3.93. The number of thioether (sulfide) groups is 10. The lowest BCUT2D eigenvalue weighted by Crippen LogP contribution is -2.08. The van der Waals surface area contributed by atoms with Crippen molar-refractivity contribution < 1.29 is 18.9 Å². The fourth-order valence-corrected chi connectivity index (χ4v) is 13.4. The van der Waals surface area contributed by atoms with Crippen molar-refractivity contribution in [3.05, 3.63) is 0 Å². The second kappa shape index (κ2) is 69.7. The summed E-state index contributed by atoms with van der Waals surface area (Å²) in [6.07, 6.45) is 14.8. The zero-order valence-corrected chi connectivity index (χ0v) is 47.0. The van der Waals surface area contributed by atoms with E-state index in [9.17, 15) is 0 Å². The molecule has 0 amide bonds. The Hall–Kier alpha value is 4.62. The van der Waals surface area contributed by atoms with Crippen LogP contribution in [0.4, 0.5) is 0 Å². The molecule has 348 valence electrons. The molecular formula is C39H82Cl2O4S12. The maximum Gasteiger partial charge on any atom is 0.0967 e. The molecule has 0 fully saturated rings. The van der Waals surface area contributed by atoms with E-state index in [1.54, 1.807) is 0 Å². The van der Waals surface area contributed by atoms with Crippen molar-refractivity contribution >= 4 is 166 Å². The largest absolute Gasteiger partial charge is 0.378 e. The average Bonchev–Trinajstić information content (AvgIpc) is 3.22. The summed E-state index contributed by atoms with van der Waals surface area (Å²) in [7, 11) is 0. The van der Waals surface area contributed by atoms with E-state index in [1.807, 2.05) is 70.6 Å². The molecule has 0 aliphatic carbocycles. The second-order valence-electron chi connectivity index (χ2n) is 11.7. The minimum Gasteiger partial charge on any atom is -0.378 e. The maximum absolute atomic E-state index is 5.64. The molecule has 0 N–H and O–H groups in total. The lowest BCUT2D eigenvalue weighted by molar-refractivity contribution is 0.0605. The van der Waals surface area contributed by atoms with Gasteiger partial charge >= 0.3 is 0 Å². The van der Waals surface area contributed by atoms with Crippen molar-refractivity contribution in [3.8, 4) is 0 Å². The van der Waals surface area contributed by atoms with E-state index in [2.05, 4.69) is 84.8 Å². The Morgan fingerprint density at radius 1 is 0.298 bits per heavy atom. The summed E-state index contributed by atoms with van der Waals surface area (Å²) in [6, 6.07) is 0. The topological polar surface area (TPSA) is 36.9 Å². The highest BCUT2D eigenvalue weighted by molar-refractivity contribution is 8.01. The van der Waals surface area contributed by atoms with Gasteiger partial charge in [-0.2, -0.15) is 143 Å². The first kappa shape index (κ1) is 65.9. The van der Waals surface area contributed by atoms with Crippen LogP contribution in [0.2, 0.25) is 0 Å². The Morgan fingerprint density at radius 2 is 0.491 bits per heavy atom. The van der Waals surface area contributed by atoms with Gasteiger partial charge in [0.05, 0.1) is 58.2 Å². The lowest BCUT2D eigenvalue weighted by Gasteiger charge is -2.06. The van der Waals surface area contributed by atoms with Crippen molar-refractivity contribution in [1.82, 2.24) is 0 Å². The first-order valence-electron chi connectivity index (χ1n) is 20.5. The van der Waals surface area contributed by atoms with E-state index in [1.165, 1.54) is 132 Å². The van der Waals surface area contributed by atoms with Gasteiger partial charge in [-0.1, -0.05) is 0 Å². The van der Waals surface area contributed by atoms with Gasteiger partial charge in [-0.25, -0.2) is 0 Å². The zero-order chi connectivity index (χ0) is 42.1. The van der Waals surface area contributed by atoms with Gasteiger partial charge in [0.25, 0.3) is 0 Å². The molecule has 0 atom stereocenters. The Kier molecular flexibility index (Phi) is 80.5. The summed E-state index contributed by atoms with van der Waals surface area (Å²) in [5.41, 5.74) is 0. The lowest BCUT2D eigenvalue weighted by atomic mass is 10.6. The van der Waals surface area contributed by atoms with Crippen LogP contribution in [-0.4, -0.2) is 186 Å². The summed E-state index contributed by atoms with van der Waals surface area (Å²) in [5.74, 6) is 24.4. The van der Waals surface area contributed by atoms with Gasteiger partial charge in [0.1, 0.15) is 0 Å². The summed E-state index contributed by atoms with van der Waals surface area (Å²) in [5, 5.41) is 0.194. The van der Waals surface area contributed by atoms with Crippen LogP contribution < -0.4 is 0 Å². The minimum atomic E-state index is 0.194. The molecule has 0 radical (unpaired) electrons. The predicted molar refractivity (Wildman–Crippen MR) is 300 cm³/mol. The van der Waals surface area contributed by atoms with E-state index in [-0.39, 0.29) is 5.34 Å². The molecular weight excluding hydrogens is 988 g/mol. The number of halogens is 2. The van der Waals surface area contributed by atoms with Crippen molar-refractivity contribution in [2.45, 2.75) is 51.4 Å². The van der Waals surface area contributed by atoms with E-state index in [0.29, 0.717) is 0 Å². The number of hydrogen-bond acceptors (Lipinski definition) is 16. The van der Waals surface area contributed by atoms with Crippen LogP contribution in [0.1, 0.15) is 51.4 Å². The Labute approximate surface area is 417 Å². The number of thiol groups is 2. The molecule has 0 rings (SSSR count). The summed E-state index contributed by atoms with van der Waals surface area (Å²) in [4.78, 5) is 0. The SMILES string of the molecule is CSCCCSCCCSCCOCCOCCSCCCSCCCSC.ClCCl.SCCCSCCCSCCOCCOCCSCCCSCCCS. The highest BCUT2D eigenvalue weighted by Crippen LogP contribution is 2.13. The third-order valence-corrected chi connectivity index (χ3v) is 17.5. The Bertz CT molecular complexity index is 602. The van der Waals surface area contributed by atoms with Crippen LogP contribution in [-0.2, 0) is 18.9 Å². The predicted octanol–water partition coefficient (Wildman–Crippen LogP) is 13.0. The van der Waals surface area contributed by atoms with Gasteiger partial charge in [0, 0.05) is 23.0 Å². The fraction of sp³-hybridized carbons (Fsp3) is 1.00. The Balaban J connectivity index is -0.000000958. The normalized spacial score (nSPS) is 11.1. The maximum atomic E-state index is 5.64. The first-order chi connectivity index (χ1) is 28.2. The van der Waals surface area contributed by atoms with Gasteiger partial charge in [0.15, 0.2) is 0 Å². The molecule has 0 aromatic rings. The van der Waals surface area contributed by atoms with Crippen LogP contribution in [0.25, 0.3) is 0 Å². The summed E-state index contributed by atoms with van der Waals surface area (Å²) < 4.78 is 22.5. The molecule has 0 heterocycles. The zero-order valence-electron chi connectivity index (χ0n) is 35.5. The van der Waals surface area contributed by atoms with Crippen LogP contribution in [0.5, 0.6) is 0 Å². The molecule has 0 bridgehead atoms. The third-order valence-electron chi connectivity index (χ3n) is 6.71. The van der Waals surface area contributed by atoms with Gasteiger partial charge in [-0.3, -0.25) is 0 Å². The van der Waals surface area contributed by atoms with Crippen molar-refractivity contribution in [1.29, 1.82) is 0 Å². The van der Waals surface area contributed by atoms with E-state index in [0.717, 1.165) is 87.4 Å². The molecule has 0 unspecified atom stereocenters. The average molecular weight is 1070 g/mol. The molecule has 0 aromatic carbocycles.